The molecule has 28 heavy (non-hydrogen) atoms. The van der Waals surface area contributed by atoms with Crippen molar-refractivity contribution in [2.75, 3.05) is 26.2 Å². The Hall–Kier alpha value is -1.87. The molecule has 0 atom stereocenters. The van der Waals surface area contributed by atoms with E-state index in [9.17, 15) is 0 Å². The number of aromatic nitrogens is 1. The first-order valence-electron chi connectivity index (χ1n) is 9.64. The molecule has 3 heterocycles. The van der Waals surface area contributed by atoms with Gasteiger partial charge < -0.3 is 15.1 Å². The number of hydrogen-bond donors (Lipinski definition) is 2. The Labute approximate surface area is 184 Å². The highest BCUT2D eigenvalue weighted by Gasteiger charge is 2.20. The second kappa shape index (κ2) is 12.6. The van der Waals surface area contributed by atoms with Gasteiger partial charge >= 0.3 is 0 Å². The Morgan fingerprint density at radius 2 is 2.14 bits per heavy atom. The van der Waals surface area contributed by atoms with E-state index in [2.05, 4.69) is 38.2 Å². The van der Waals surface area contributed by atoms with Crippen LogP contribution in [0.4, 0.5) is 0 Å². The van der Waals surface area contributed by atoms with Crippen LogP contribution >= 0.6 is 24.0 Å². The molecule has 0 aromatic carbocycles. The molecule has 0 aliphatic carbocycles. The van der Waals surface area contributed by atoms with E-state index in [1.807, 2.05) is 36.5 Å². The van der Waals surface area contributed by atoms with Crippen LogP contribution in [0, 0.1) is 0 Å². The average Bonchev–Trinajstić information content (AvgIpc) is 3.22. The van der Waals surface area contributed by atoms with E-state index in [-0.39, 0.29) is 24.0 Å². The van der Waals surface area contributed by atoms with Crippen LogP contribution in [0.3, 0.4) is 0 Å². The fourth-order valence-electron chi connectivity index (χ4n) is 3.20. The van der Waals surface area contributed by atoms with Crippen molar-refractivity contribution >= 4 is 29.9 Å². The van der Waals surface area contributed by atoms with Crippen LogP contribution in [-0.4, -0.2) is 48.1 Å². The topological polar surface area (TPSA) is 65.7 Å². The van der Waals surface area contributed by atoms with E-state index in [0.29, 0.717) is 19.1 Å². The van der Waals surface area contributed by atoms with Gasteiger partial charge in [0.25, 0.3) is 0 Å². The lowest BCUT2D eigenvalue weighted by Crippen LogP contribution is -2.48. The minimum absolute atomic E-state index is 0. The van der Waals surface area contributed by atoms with E-state index in [4.69, 9.17) is 4.42 Å². The number of pyridine rings is 1. The van der Waals surface area contributed by atoms with E-state index in [1.54, 1.807) is 6.26 Å². The van der Waals surface area contributed by atoms with Gasteiger partial charge in [0.15, 0.2) is 5.96 Å². The number of nitrogens with zero attached hydrogens (tertiary/aromatic N) is 3. The average molecular weight is 495 g/mol. The molecule has 2 aromatic heterocycles. The molecule has 3 rings (SSSR count). The maximum absolute atomic E-state index is 5.37. The third kappa shape index (κ3) is 7.63. The lowest BCUT2D eigenvalue weighted by molar-refractivity contribution is 0.196. The van der Waals surface area contributed by atoms with Gasteiger partial charge in [-0.25, -0.2) is 0 Å². The van der Waals surface area contributed by atoms with Gasteiger partial charge in [0.05, 0.1) is 12.0 Å². The maximum Gasteiger partial charge on any atom is 0.191 e. The zero-order valence-electron chi connectivity index (χ0n) is 16.2. The zero-order valence-corrected chi connectivity index (χ0v) is 18.5. The molecule has 0 amide bonds. The van der Waals surface area contributed by atoms with Gasteiger partial charge in [0, 0.05) is 51.4 Å². The molecular weight excluding hydrogens is 465 g/mol. The maximum atomic E-state index is 5.37. The normalized spacial score (nSPS) is 15.6. The lowest BCUT2D eigenvalue weighted by atomic mass is 10.0. The van der Waals surface area contributed by atoms with Crippen molar-refractivity contribution in [3.8, 4) is 0 Å². The Balaban J connectivity index is 0.00000280. The largest absolute Gasteiger partial charge is 0.469 e. The van der Waals surface area contributed by atoms with Crippen molar-refractivity contribution in [3.05, 3.63) is 66.9 Å². The number of halogens is 1. The molecule has 1 aliphatic rings. The summed E-state index contributed by atoms with van der Waals surface area (Å²) in [6.45, 7) is 8.22. The van der Waals surface area contributed by atoms with Crippen molar-refractivity contribution < 1.29 is 4.42 Å². The third-order valence-electron chi connectivity index (χ3n) is 4.66. The summed E-state index contributed by atoms with van der Waals surface area (Å²) in [5, 5.41) is 6.89. The molecular formula is C21H30IN5O. The van der Waals surface area contributed by atoms with E-state index in [1.165, 1.54) is 0 Å². The second-order valence-corrected chi connectivity index (χ2v) is 6.75. The minimum atomic E-state index is 0. The van der Waals surface area contributed by atoms with Crippen LogP contribution in [0.15, 0.2) is 64.9 Å². The van der Waals surface area contributed by atoms with E-state index >= 15 is 0 Å². The molecule has 1 aliphatic heterocycles. The van der Waals surface area contributed by atoms with Crippen LogP contribution in [0.2, 0.25) is 0 Å². The third-order valence-corrected chi connectivity index (χ3v) is 4.66. The predicted molar refractivity (Wildman–Crippen MR) is 124 cm³/mol. The van der Waals surface area contributed by atoms with Crippen LogP contribution in [-0.2, 0) is 13.0 Å². The van der Waals surface area contributed by atoms with Crippen molar-refractivity contribution in [2.24, 2.45) is 4.99 Å². The monoisotopic (exact) mass is 495 g/mol. The zero-order chi connectivity index (χ0) is 18.7. The number of hydrogen-bond acceptors (Lipinski definition) is 4. The number of rotatable bonds is 8. The molecule has 0 unspecified atom stereocenters. The first-order valence-corrected chi connectivity index (χ1v) is 9.64. The summed E-state index contributed by atoms with van der Waals surface area (Å²) < 4.78 is 5.37. The quantitative estimate of drug-likeness (QED) is 0.255. The highest BCUT2D eigenvalue weighted by Crippen LogP contribution is 2.13. The van der Waals surface area contributed by atoms with Crippen LogP contribution in [0.5, 0.6) is 0 Å². The summed E-state index contributed by atoms with van der Waals surface area (Å²) in [4.78, 5) is 11.6. The van der Waals surface area contributed by atoms with Crippen molar-refractivity contribution in [1.82, 2.24) is 20.5 Å². The van der Waals surface area contributed by atoms with Gasteiger partial charge in [-0.15, -0.1) is 30.6 Å². The van der Waals surface area contributed by atoms with Crippen molar-refractivity contribution in [3.63, 3.8) is 0 Å². The summed E-state index contributed by atoms with van der Waals surface area (Å²) in [5.41, 5.74) is 1.14. The number of furan rings is 1. The number of aliphatic imine (C=N–C) groups is 1. The Morgan fingerprint density at radius 3 is 2.82 bits per heavy atom. The van der Waals surface area contributed by atoms with Gasteiger partial charge in [-0.05, 0) is 37.1 Å². The summed E-state index contributed by atoms with van der Waals surface area (Å²) in [5.74, 6) is 1.81. The summed E-state index contributed by atoms with van der Waals surface area (Å²) in [7, 11) is 0. The van der Waals surface area contributed by atoms with Crippen LogP contribution < -0.4 is 10.6 Å². The Morgan fingerprint density at radius 1 is 1.29 bits per heavy atom. The second-order valence-electron chi connectivity index (χ2n) is 6.75. The van der Waals surface area contributed by atoms with Crippen LogP contribution in [0.25, 0.3) is 0 Å². The molecule has 152 valence electrons. The molecule has 0 saturated carbocycles. The minimum Gasteiger partial charge on any atom is -0.469 e. The number of guanidine groups is 1. The molecule has 2 N–H and O–H groups in total. The molecule has 0 spiro atoms. The van der Waals surface area contributed by atoms with Gasteiger partial charge in [0.1, 0.15) is 5.76 Å². The summed E-state index contributed by atoms with van der Waals surface area (Å²) in [6.07, 6.45) is 8.41. The number of piperidine rings is 1. The Bertz CT molecular complexity index is 697. The van der Waals surface area contributed by atoms with Gasteiger partial charge in [-0.3, -0.25) is 14.9 Å². The molecule has 2 aromatic rings. The highest BCUT2D eigenvalue weighted by atomic mass is 127. The SMILES string of the molecule is C=CCNC(=NCCc1ccco1)NC1CCN(Cc2ccccn2)CC1.I. The molecule has 1 saturated heterocycles. The smallest absolute Gasteiger partial charge is 0.191 e. The molecule has 0 radical (unpaired) electrons. The van der Waals surface area contributed by atoms with Gasteiger partial charge in [0.2, 0.25) is 0 Å². The highest BCUT2D eigenvalue weighted by molar-refractivity contribution is 14.0. The molecule has 6 nitrogen and oxygen atoms in total. The fourth-order valence-corrected chi connectivity index (χ4v) is 3.20. The molecule has 7 heteroatoms. The van der Waals surface area contributed by atoms with Crippen molar-refractivity contribution in [2.45, 2.75) is 31.8 Å². The molecule has 0 bridgehead atoms. The predicted octanol–water partition coefficient (Wildman–Crippen LogP) is 3.22. The van der Waals surface area contributed by atoms with E-state index < -0.39 is 0 Å². The number of nitrogens with one attached hydrogen (secondary N) is 2. The molecule has 1 fully saturated rings. The van der Waals surface area contributed by atoms with Crippen LogP contribution in [0.1, 0.15) is 24.3 Å². The number of likely N-dealkylation sites (tertiary alicyclic amines) is 1. The fraction of sp³-hybridized carbons (Fsp3) is 0.429. The Kier molecular flexibility index (Phi) is 10.1. The standard InChI is InChI=1S/C21H29N5O.HI/c1-2-11-23-21(24-13-8-20-7-5-16-27-20)25-18-9-14-26(15-10-18)17-19-6-3-4-12-22-19;/h2-7,12,16,18H,1,8-11,13-15,17H2,(H2,23,24,25);1H. The van der Waals surface area contributed by atoms with E-state index in [0.717, 1.165) is 56.3 Å². The lowest BCUT2D eigenvalue weighted by Gasteiger charge is -2.32. The summed E-state index contributed by atoms with van der Waals surface area (Å²) in [6, 6.07) is 10.4. The van der Waals surface area contributed by atoms with Crippen molar-refractivity contribution in [1.29, 1.82) is 0 Å². The first kappa shape index (κ1) is 22.4. The first-order chi connectivity index (χ1) is 13.3. The summed E-state index contributed by atoms with van der Waals surface area (Å²) >= 11 is 0. The van der Waals surface area contributed by atoms with Gasteiger partial charge in [-0.2, -0.15) is 0 Å². The van der Waals surface area contributed by atoms with Gasteiger partial charge in [-0.1, -0.05) is 12.1 Å².